The highest BCUT2D eigenvalue weighted by Gasteiger charge is 2.31. The molecule has 2 N–H and O–H groups in total. The quantitative estimate of drug-likeness (QED) is 0.203. The molecule has 1 aliphatic rings. The molecule has 1 atom stereocenters. The van der Waals surface area contributed by atoms with E-state index in [0.29, 0.717) is 31.9 Å². The van der Waals surface area contributed by atoms with Crippen molar-refractivity contribution in [2.45, 2.75) is 77.9 Å². The first-order chi connectivity index (χ1) is 21.0. The summed E-state index contributed by atoms with van der Waals surface area (Å²) in [6.07, 6.45) is 6.78. The Hall–Kier alpha value is -3.84. The van der Waals surface area contributed by atoms with E-state index in [-0.39, 0.29) is 18.4 Å². The smallest absolute Gasteiger partial charge is 0.261 e. The van der Waals surface area contributed by atoms with Crippen LogP contribution >= 0.6 is 0 Å². The molecule has 1 heterocycles. The molecule has 1 unspecified atom stereocenters. The highest BCUT2D eigenvalue weighted by atomic mass is 16.5. The summed E-state index contributed by atoms with van der Waals surface area (Å²) in [5.41, 5.74) is 4.53. The average Bonchev–Trinajstić information content (AvgIpc) is 3.25. The molecule has 3 aromatic rings. The predicted octanol–water partition coefficient (Wildman–Crippen LogP) is 5.97. The molecule has 0 aromatic heterocycles. The molecule has 1 fully saturated rings. The molecular formula is C36H47N3O4. The minimum absolute atomic E-state index is 0.0950. The Labute approximate surface area is 257 Å². The summed E-state index contributed by atoms with van der Waals surface area (Å²) in [5.74, 6) is 1.19. The maximum absolute atomic E-state index is 13.5. The fraction of sp³-hybridized carbons (Fsp3) is 0.444. The van der Waals surface area contributed by atoms with E-state index in [1.54, 1.807) is 4.90 Å². The van der Waals surface area contributed by atoms with Crippen LogP contribution < -0.4 is 20.1 Å². The minimum atomic E-state index is -0.518. The summed E-state index contributed by atoms with van der Waals surface area (Å²) in [5, 5.41) is 6.49. The van der Waals surface area contributed by atoms with Crippen LogP contribution in [-0.2, 0) is 29.1 Å². The van der Waals surface area contributed by atoms with Gasteiger partial charge in [0.05, 0.1) is 6.61 Å². The third kappa shape index (κ3) is 10.4. The van der Waals surface area contributed by atoms with E-state index in [0.717, 1.165) is 68.5 Å². The van der Waals surface area contributed by atoms with Gasteiger partial charge in [-0.25, -0.2) is 0 Å². The lowest BCUT2D eigenvalue weighted by atomic mass is 10.1. The van der Waals surface area contributed by atoms with Gasteiger partial charge in [-0.2, -0.15) is 0 Å². The molecule has 7 heteroatoms. The van der Waals surface area contributed by atoms with Crippen molar-refractivity contribution >= 4 is 11.8 Å². The molecule has 0 bridgehead atoms. The van der Waals surface area contributed by atoms with Crippen molar-refractivity contribution in [3.8, 4) is 11.5 Å². The highest BCUT2D eigenvalue weighted by Crippen LogP contribution is 2.23. The summed E-state index contributed by atoms with van der Waals surface area (Å²) >= 11 is 0. The van der Waals surface area contributed by atoms with E-state index in [2.05, 4.69) is 47.9 Å². The Bertz CT molecular complexity index is 1280. The first-order valence-corrected chi connectivity index (χ1v) is 15.8. The monoisotopic (exact) mass is 585 g/mol. The van der Waals surface area contributed by atoms with Crippen LogP contribution in [0.3, 0.4) is 0 Å². The van der Waals surface area contributed by atoms with E-state index < -0.39 is 6.04 Å². The molecule has 0 spiro atoms. The van der Waals surface area contributed by atoms with Gasteiger partial charge in [0.25, 0.3) is 5.91 Å². The second kappa shape index (κ2) is 17.3. The van der Waals surface area contributed by atoms with Gasteiger partial charge in [-0.05, 0) is 98.9 Å². The fourth-order valence-corrected chi connectivity index (χ4v) is 5.36. The molecule has 7 nitrogen and oxygen atoms in total. The SMILES string of the molecule is CCCOc1ccc(CN(C(=O)COc2ccc(CNCCCCc3ccccc3)cc2)C2CCCCNC2=O)cc1C. The van der Waals surface area contributed by atoms with Crippen molar-refractivity contribution in [1.82, 2.24) is 15.5 Å². The Morgan fingerprint density at radius 1 is 0.953 bits per heavy atom. The summed E-state index contributed by atoms with van der Waals surface area (Å²) in [4.78, 5) is 28.2. The number of nitrogens with one attached hydrogen (secondary N) is 2. The second-order valence-corrected chi connectivity index (χ2v) is 11.3. The average molecular weight is 586 g/mol. The number of aryl methyl sites for hydroxylation is 2. The van der Waals surface area contributed by atoms with Crippen LogP contribution in [0.5, 0.6) is 11.5 Å². The maximum Gasteiger partial charge on any atom is 0.261 e. The van der Waals surface area contributed by atoms with Crippen molar-refractivity contribution in [3.05, 3.63) is 95.1 Å². The second-order valence-electron chi connectivity index (χ2n) is 11.3. The zero-order valence-electron chi connectivity index (χ0n) is 25.8. The number of rotatable bonds is 16. The van der Waals surface area contributed by atoms with E-state index in [1.165, 1.54) is 11.1 Å². The fourth-order valence-electron chi connectivity index (χ4n) is 5.36. The summed E-state index contributed by atoms with van der Waals surface area (Å²) in [6, 6.07) is 23.9. The first-order valence-electron chi connectivity index (χ1n) is 15.8. The van der Waals surface area contributed by atoms with Gasteiger partial charge in [0.1, 0.15) is 17.5 Å². The molecule has 2 amide bonds. The summed E-state index contributed by atoms with van der Waals surface area (Å²) in [7, 11) is 0. The number of carbonyl (C=O) groups is 2. The molecule has 1 saturated heterocycles. The zero-order chi connectivity index (χ0) is 30.3. The molecule has 4 rings (SSSR count). The Balaban J connectivity index is 1.29. The molecule has 230 valence electrons. The standard InChI is InChI=1S/C36H47N3O4/c1-3-23-42-34-20-17-31(24-28(34)2)26-39(33-14-8-10-22-38-36(33)41)35(40)27-43-32-18-15-30(16-19-32)25-37-21-9-7-13-29-11-5-4-6-12-29/h4-6,11-12,15-20,24,33,37H,3,7-10,13-14,21-23,25-27H2,1-2H3,(H,38,41). The van der Waals surface area contributed by atoms with Crippen molar-refractivity contribution in [1.29, 1.82) is 0 Å². The van der Waals surface area contributed by atoms with Gasteiger partial charge in [0, 0.05) is 19.6 Å². The lowest BCUT2D eigenvalue weighted by Gasteiger charge is -2.30. The number of unbranched alkanes of at least 4 members (excludes halogenated alkanes) is 1. The van der Waals surface area contributed by atoms with Crippen molar-refractivity contribution < 1.29 is 19.1 Å². The number of amides is 2. The number of ether oxygens (including phenoxy) is 2. The topological polar surface area (TPSA) is 79.9 Å². The molecule has 0 radical (unpaired) electrons. The van der Waals surface area contributed by atoms with Gasteiger partial charge in [0.2, 0.25) is 5.91 Å². The Kier molecular flexibility index (Phi) is 12.9. The lowest BCUT2D eigenvalue weighted by Crippen LogP contribution is -2.49. The molecule has 0 aliphatic carbocycles. The van der Waals surface area contributed by atoms with Crippen LogP contribution in [0, 0.1) is 6.92 Å². The number of benzene rings is 3. The largest absolute Gasteiger partial charge is 0.493 e. The minimum Gasteiger partial charge on any atom is -0.493 e. The van der Waals surface area contributed by atoms with Gasteiger partial charge in [-0.1, -0.05) is 61.5 Å². The van der Waals surface area contributed by atoms with Gasteiger partial charge < -0.3 is 25.0 Å². The van der Waals surface area contributed by atoms with Gasteiger partial charge in [0.15, 0.2) is 6.61 Å². The van der Waals surface area contributed by atoms with Gasteiger partial charge in [-0.15, -0.1) is 0 Å². The number of hydrogen-bond acceptors (Lipinski definition) is 5. The van der Waals surface area contributed by atoms with Gasteiger partial charge in [-0.3, -0.25) is 9.59 Å². The maximum atomic E-state index is 13.5. The number of carbonyl (C=O) groups excluding carboxylic acids is 2. The molecule has 1 aliphatic heterocycles. The molecule has 43 heavy (non-hydrogen) atoms. The van der Waals surface area contributed by atoms with E-state index in [9.17, 15) is 9.59 Å². The van der Waals surface area contributed by atoms with Crippen molar-refractivity contribution in [2.24, 2.45) is 0 Å². The molecule has 3 aromatic carbocycles. The zero-order valence-corrected chi connectivity index (χ0v) is 25.8. The predicted molar refractivity (Wildman–Crippen MR) is 171 cm³/mol. The first kappa shape index (κ1) is 32.1. The summed E-state index contributed by atoms with van der Waals surface area (Å²) in [6.45, 7) is 7.37. The van der Waals surface area contributed by atoms with E-state index in [1.807, 2.05) is 49.4 Å². The van der Waals surface area contributed by atoms with Crippen molar-refractivity contribution in [3.63, 3.8) is 0 Å². The van der Waals surface area contributed by atoms with Crippen LogP contribution in [0.4, 0.5) is 0 Å². The molecule has 0 saturated carbocycles. The van der Waals surface area contributed by atoms with Crippen LogP contribution in [0.1, 0.15) is 67.7 Å². The van der Waals surface area contributed by atoms with Gasteiger partial charge >= 0.3 is 0 Å². The lowest BCUT2D eigenvalue weighted by molar-refractivity contribution is -0.142. The van der Waals surface area contributed by atoms with Crippen LogP contribution in [0.15, 0.2) is 72.8 Å². The highest BCUT2D eigenvalue weighted by molar-refractivity contribution is 5.88. The van der Waals surface area contributed by atoms with Crippen LogP contribution in [0.2, 0.25) is 0 Å². The number of hydrogen-bond donors (Lipinski definition) is 2. The van der Waals surface area contributed by atoms with Crippen LogP contribution in [-0.4, -0.2) is 49.1 Å². The Morgan fingerprint density at radius 3 is 2.51 bits per heavy atom. The number of nitrogens with zero attached hydrogens (tertiary/aromatic N) is 1. The third-order valence-corrected chi connectivity index (χ3v) is 7.78. The molecular weight excluding hydrogens is 538 g/mol. The van der Waals surface area contributed by atoms with Crippen LogP contribution in [0.25, 0.3) is 0 Å². The Morgan fingerprint density at radius 2 is 1.74 bits per heavy atom. The van der Waals surface area contributed by atoms with E-state index >= 15 is 0 Å². The normalized spacial score (nSPS) is 14.9. The van der Waals surface area contributed by atoms with E-state index in [4.69, 9.17) is 9.47 Å². The van der Waals surface area contributed by atoms with Crippen molar-refractivity contribution in [2.75, 3.05) is 26.3 Å². The summed E-state index contributed by atoms with van der Waals surface area (Å²) < 4.78 is 11.7. The third-order valence-electron chi connectivity index (χ3n) is 7.78.